The summed E-state index contributed by atoms with van der Waals surface area (Å²) in [4.78, 5) is 13.4. The summed E-state index contributed by atoms with van der Waals surface area (Å²) in [5, 5.41) is 9.37. The van der Waals surface area contributed by atoms with Crippen LogP contribution in [0.5, 0.6) is 0 Å². The number of benzene rings is 1. The largest absolute Gasteiger partial charge is 0.394 e. The topological polar surface area (TPSA) is 40.5 Å². The highest BCUT2D eigenvalue weighted by Gasteiger charge is 2.19. The maximum atomic E-state index is 11.7. The van der Waals surface area contributed by atoms with Gasteiger partial charge in [-0.3, -0.25) is 4.79 Å². The molecule has 0 fully saturated rings. The van der Waals surface area contributed by atoms with E-state index >= 15 is 0 Å². The zero-order chi connectivity index (χ0) is 12.0. The molecule has 1 rings (SSSR count). The lowest BCUT2D eigenvalue weighted by Gasteiger charge is -2.27. The Morgan fingerprint density at radius 2 is 2.00 bits per heavy atom. The smallest absolute Gasteiger partial charge is 0.222 e. The molecule has 3 heteroatoms. The van der Waals surface area contributed by atoms with Crippen molar-refractivity contribution in [1.82, 2.24) is 4.90 Å². The van der Waals surface area contributed by atoms with Gasteiger partial charge in [-0.25, -0.2) is 0 Å². The van der Waals surface area contributed by atoms with Crippen LogP contribution in [0.15, 0.2) is 30.3 Å². The number of likely N-dealkylation sites (N-methyl/N-ethyl adjacent to an activating group) is 1. The highest BCUT2D eigenvalue weighted by Crippen LogP contribution is 2.19. The second-order valence-corrected chi connectivity index (χ2v) is 3.86. The predicted molar refractivity (Wildman–Crippen MR) is 63.9 cm³/mol. The monoisotopic (exact) mass is 221 g/mol. The zero-order valence-electron chi connectivity index (χ0n) is 9.89. The van der Waals surface area contributed by atoms with Gasteiger partial charge in [-0.1, -0.05) is 37.3 Å². The first kappa shape index (κ1) is 12.7. The maximum Gasteiger partial charge on any atom is 0.222 e. The van der Waals surface area contributed by atoms with Crippen LogP contribution in [0.1, 0.15) is 31.4 Å². The fourth-order valence-electron chi connectivity index (χ4n) is 1.69. The number of aliphatic hydroxyl groups is 1. The molecule has 0 aliphatic heterocycles. The van der Waals surface area contributed by atoms with Crippen molar-refractivity contribution in [3.63, 3.8) is 0 Å². The standard InChI is InChI=1S/C13H19NO2/c1-3-7-13(16)14(2)12(10-15)11-8-5-4-6-9-11/h4-6,8-9,12,15H,3,7,10H2,1-2H3/t12-/m0/s1. The highest BCUT2D eigenvalue weighted by molar-refractivity contribution is 5.76. The third-order valence-electron chi connectivity index (χ3n) is 2.68. The average Bonchev–Trinajstić information content (AvgIpc) is 2.31. The lowest BCUT2D eigenvalue weighted by Crippen LogP contribution is -2.33. The summed E-state index contributed by atoms with van der Waals surface area (Å²) in [7, 11) is 1.74. The number of nitrogens with zero attached hydrogens (tertiary/aromatic N) is 1. The van der Waals surface area contributed by atoms with Gasteiger partial charge in [0.15, 0.2) is 0 Å². The minimum absolute atomic E-state index is 0.0457. The fourth-order valence-corrected chi connectivity index (χ4v) is 1.69. The quantitative estimate of drug-likeness (QED) is 0.826. The summed E-state index contributed by atoms with van der Waals surface area (Å²) in [5.74, 6) is 0.0744. The lowest BCUT2D eigenvalue weighted by atomic mass is 10.1. The Morgan fingerprint density at radius 3 is 2.50 bits per heavy atom. The summed E-state index contributed by atoms with van der Waals surface area (Å²) >= 11 is 0. The predicted octanol–water partition coefficient (Wildman–Crippen LogP) is 1.98. The van der Waals surface area contributed by atoms with Crippen LogP contribution in [0, 0.1) is 0 Å². The fraction of sp³-hybridized carbons (Fsp3) is 0.462. The maximum absolute atomic E-state index is 11.7. The Kier molecular flexibility index (Phi) is 4.99. The molecular formula is C13H19NO2. The summed E-state index contributed by atoms with van der Waals surface area (Å²) in [5.41, 5.74) is 0.969. The van der Waals surface area contributed by atoms with Crippen LogP contribution in [0.25, 0.3) is 0 Å². The molecule has 0 unspecified atom stereocenters. The molecule has 1 aromatic rings. The number of aliphatic hydroxyl groups excluding tert-OH is 1. The molecule has 0 saturated heterocycles. The summed E-state index contributed by atoms with van der Waals surface area (Å²) in [6, 6.07) is 9.37. The van der Waals surface area contributed by atoms with Crippen LogP contribution in [0.2, 0.25) is 0 Å². The van der Waals surface area contributed by atoms with Gasteiger partial charge in [-0.2, -0.15) is 0 Å². The lowest BCUT2D eigenvalue weighted by molar-refractivity contribution is -0.133. The molecule has 16 heavy (non-hydrogen) atoms. The van der Waals surface area contributed by atoms with Crippen molar-refractivity contribution in [1.29, 1.82) is 0 Å². The van der Waals surface area contributed by atoms with E-state index in [9.17, 15) is 9.90 Å². The Morgan fingerprint density at radius 1 is 1.38 bits per heavy atom. The van der Waals surface area contributed by atoms with E-state index < -0.39 is 0 Å². The molecule has 0 aliphatic carbocycles. The molecular weight excluding hydrogens is 202 g/mol. The molecule has 0 aliphatic rings. The van der Waals surface area contributed by atoms with Crippen LogP contribution < -0.4 is 0 Å². The van der Waals surface area contributed by atoms with Gasteiger partial charge < -0.3 is 10.0 Å². The van der Waals surface area contributed by atoms with E-state index in [1.165, 1.54) is 0 Å². The van der Waals surface area contributed by atoms with E-state index in [4.69, 9.17) is 0 Å². The molecule has 0 bridgehead atoms. The molecule has 0 saturated carbocycles. The molecule has 0 heterocycles. The summed E-state index contributed by atoms with van der Waals surface area (Å²) in [6.07, 6.45) is 1.36. The van der Waals surface area contributed by atoms with Crippen molar-refractivity contribution in [3.8, 4) is 0 Å². The second kappa shape index (κ2) is 6.28. The van der Waals surface area contributed by atoms with Gasteiger partial charge in [0.1, 0.15) is 0 Å². The number of hydrogen-bond donors (Lipinski definition) is 1. The number of rotatable bonds is 5. The van der Waals surface area contributed by atoms with E-state index in [0.717, 1.165) is 12.0 Å². The van der Waals surface area contributed by atoms with Gasteiger partial charge in [0.2, 0.25) is 5.91 Å². The van der Waals surface area contributed by atoms with Gasteiger partial charge in [0.25, 0.3) is 0 Å². The molecule has 88 valence electrons. The van der Waals surface area contributed by atoms with E-state index in [2.05, 4.69) is 0 Å². The van der Waals surface area contributed by atoms with E-state index in [1.54, 1.807) is 11.9 Å². The summed E-state index contributed by atoms with van der Waals surface area (Å²) in [6.45, 7) is 1.93. The van der Waals surface area contributed by atoms with Crippen LogP contribution in [-0.4, -0.2) is 29.6 Å². The Hall–Kier alpha value is -1.35. The molecule has 1 N–H and O–H groups in total. The van der Waals surface area contributed by atoms with E-state index in [-0.39, 0.29) is 18.6 Å². The normalized spacial score (nSPS) is 12.2. The van der Waals surface area contributed by atoms with Crippen LogP contribution in [0.4, 0.5) is 0 Å². The Bertz CT molecular complexity index is 324. The average molecular weight is 221 g/mol. The van der Waals surface area contributed by atoms with E-state index in [1.807, 2.05) is 37.3 Å². The van der Waals surface area contributed by atoms with Crippen molar-refractivity contribution in [2.45, 2.75) is 25.8 Å². The minimum Gasteiger partial charge on any atom is -0.394 e. The van der Waals surface area contributed by atoms with E-state index in [0.29, 0.717) is 6.42 Å². The number of carbonyl (C=O) groups excluding carboxylic acids is 1. The highest BCUT2D eigenvalue weighted by atomic mass is 16.3. The van der Waals surface area contributed by atoms with Crippen molar-refractivity contribution in [3.05, 3.63) is 35.9 Å². The van der Waals surface area contributed by atoms with Gasteiger partial charge in [-0.05, 0) is 12.0 Å². The molecule has 0 aromatic heterocycles. The van der Waals surface area contributed by atoms with Crippen LogP contribution >= 0.6 is 0 Å². The second-order valence-electron chi connectivity index (χ2n) is 3.86. The summed E-state index contributed by atoms with van der Waals surface area (Å²) < 4.78 is 0. The van der Waals surface area contributed by atoms with Crippen molar-refractivity contribution < 1.29 is 9.90 Å². The van der Waals surface area contributed by atoms with Crippen LogP contribution in [0.3, 0.4) is 0 Å². The minimum atomic E-state index is -0.236. The number of hydrogen-bond acceptors (Lipinski definition) is 2. The van der Waals surface area contributed by atoms with Gasteiger partial charge in [0.05, 0.1) is 12.6 Å². The van der Waals surface area contributed by atoms with Gasteiger partial charge in [0, 0.05) is 13.5 Å². The van der Waals surface area contributed by atoms with Crippen molar-refractivity contribution in [2.75, 3.05) is 13.7 Å². The number of amides is 1. The molecule has 0 spiro atoms. The Labute approximate surface area is 96.7 Å². The molecule has 1 aromatic carbocycles. The Balaban J connectivity index is 2.78. The molecule has 1 atom stereocenters. The van der Waals surface area contributed by atoms with Crippen molar-refractivity contribution in [2.24, 2.45) is 0 Å². The zero-order valence-corrected chi connectivity index (χ0v) is 9.89. The first-order valence-corrected chi connectivity index (χ1v) is 5.62. The number of carbonyl (C=O) groups is 1. The van der Waals surface area contributed by atoms with Crippen LogP contribution in [-0.2, 0) is 4.79 Å². The third kappa shape index (κ3) is 3.07. The SMILES string of the molecule is CCCC(=O)N(C)[C@@H](CO)c1ccccc1. The molecule has 1 amide bonds. The van der Waals surface area contributed by atoms with Gasteiger partial charge >= 0.3 is 0 Å². The molecule has 0 radical (unpaired) electrons. The van der Waals surface area contributed by atoms with Crippen molar-refractivity contribution >= 4 is 5.91 Å². The third-order valence-corrected chi connectivity index (χ3v) is 2.68. The first-order valence-electron chi connectivity index (χ1n) is 5.62. The molecule has 3 nitrogen and oxygen atoms in total. The van der Waals surface area contributed by atoms with Gasteiger partial charge in [-0.15, -0.1) is 0 Å². The first-order chi connectivity index (χ1) is 7.70.